The van der Waals surface area contributed by atoms with Crippen LogP contribution in [0.3, 0.4) is 0 Å². The molecule has 0 fully saturated rings. The van der Waals surface area contributed by atoms with Crippen LogP contribution in [-0.2, 0) is 10.5 Å². The largest absolute Gasteiger partial charge is 0.431 e. The maximum absolute atomic E-state index is 11.9. The molecule has 4 aromatic rings. The first kappa shape index (κ1) is 17.6. The van der Waals surface area contributed by atoms with Gasteiger partial charge in [0.15, 0.2) is 5.58 Å². The summed E-state index contributed by atoms with van der Waals surface area (Å²) >= 11 is 7.34. The lowest BCUT2D eigenvalue weighted by Gasteiger charge is -2.06. The molecule has 136 valence electrons. The van der Waals surface area contributed by atoms with E-state index in [1.54, 1.807) is 30.3 Å². The van der Waals surface area contributed by atoms with Crippen molar-refractivity contribution in [1.29, 1.82) is 0 Å². The molecule has 0 aliphatic rings. The number of hydrogen-bond acceptors (Lipinski definition) is 6. The Morgan fingerprint density at radius 1 is 1.15 bits per heavy atom. The highest BCUT2D eigenvalue weighted by Crippen LogP contribution is 2.30. The van der Waals surface area contributed by atoms with Crippen LogP contribution in [0.5, 0.6) is 0 Å². The second-order valence-electron chi connectivity index (χ2n) is 5.86. The number of nitrogens with zero attached hydrogens (tertiary/aromatic N) is 1. The Morgan fingerprint density at radius 3 is 2.81 bits per heavy atom. The summed E-state index contributed by atoms with van der Waals surface area (Å²) in [4.78, 5) is 27.5. The van der Waals surface area contributed by atoms with Crippen molar-refractivity contribution in [2.45, 2.75) is 17.9 Å². The van der Waals surface area contributed by atoms with Gasteiger partial charge in [0.1, 0.15) is 11.1 Å². The number of aromatic nitrogens is 1. The number of carbonyl (C=O) groups excluding carboxylic acids is 1. The van der Waals surface area contributed by atoms with Gasteiger partial charge in [-0.15, -0.1) is 0 Å². The number of fused-ring (bicyclic) bond motifs is 2. The number of oxazole rings is 1. The molecule has 27 heavy (non-hydrogen) atoms. The van der Waals surface area contributed by atoms with Crippen LogP contribution in [-0.4, -0.2) is 10.9 Å². The minimum atomic E-state index is -0.456. The zero-order chi connectivity index (χ0) is 19.0. The molecule has 1 amide bonds. The average molecular weight is 401 g/mol. The molecule has 0 saturated carbocycles. The van der Waals surface area contributed by atoms with Gasteiger partial charge in [-0.1, -0.05) is 23.4 Å². The Kier molecular flexibility index (Phi) is 4.63. The third-order valence-corrected chi connectivity index (χ3v) is 4.94. The van der Waals surface area contributed by atoms with Gasteiger partial charge in [-0.2, -0.15) is 0 Å². The van der Waals surface area contributed by atoms with E-state index in [1.807, 2.05) is 6.07 Å². The Hall–Kier alpha value is -2.77. The van der Waals surface area contributed by atoms with Gasteiger partial charge in [-0.25, -0.2) is 9.78 Å². The van der Waals surface area contributed by atoms with Gasteiger partial charge in [0, 0.05) is 40.9 Å². The van der Waals surface area contributed by atoms with Crippen molar-refractivity contribution in [3.63, 3.8) is 0 Å². The van der Waals surface area contributed by atoms with E-state index in [0.717, 1.165) is 10.9 Å². The summed E-state index contributed by atoms with van der Waals surface area (Å²) in [6.07, 6.45) is 0. The number of amides is 1. The normalized spacial score (nSPS) is 11.2. The first-order chi connectivity index (χ1) is 13.0. The van der Waals surface area contributed by atoms with E-state index in [4.69, 9.17) is 20.4 Å². The third-order valence-electron chi connectivity index (χ3n) is 3.83. The highest BCUT2D eigenvalue weighted by molar-refractivity contribution is 7.98. The minimum absolute atomic E-state index is 0.195. The number of carbonyl (C=O) groups is 1. The highest BCUT2D eigenvalue weighted by atomic mass is 35.5. The summed E-state index contributed by atoms with van der Waals surface area (Å²) in [6.45, 7) is 1.42. The van der Waals surface area contributed by atoms with E-state index >= 15 is 0 Å². The van der Waals surface area contributed by atoms with Gasteiger partial charge in [0.2, 0.25) is 5.91 Å². The number of nitrogens with one attached hydrogen (secondary N) is 1. The number of halogens is 1. The van der Waals surface area contributed by atoms with Crippen LogP contribution < -0.4 is 10.9 Å². The fraction of sp³-hybridized carbons (Fsp3) is 0.105. The fourth-order valence-electron chi connectivity index (χ4n) is 2.71. The zero-order valence-corrected chi connectivity index (χ0v) is 15.7. The smallest absolute Gasteiger partial charge is 0.336 e. The summed E-state index contributed by atoms with van der Waals surface area (Å²) < 4.78 is 11.0. The molecule has 1 N–H and O–H groups in total. The maximum Gasteiger partial charge on any atom is 0.336 e. The molecule has 0 saturated heterocycles. The van der Waals surface area contributed by atoms with Crippen LogP contribution in [0.25, 0.3) is 22.1 Å². The third kappa shape index (κ3) is 3.84. The molecule has 0 radical (unpaired) electrons. The molecule has 2 aromatic heterocycles. The molecule has 2 aromatic carbocycles. The molecule has 6 nitrogen and oxygen atoms in total. The monoisotopic (exact) mass is 400 g/mol. The summed E-state index contributed by atoms with van der Waals surface area (Å²) in [6, 6.07) is 11.9. The van der Waals surface area contributed by atoms with Crippen molar-refractivity contribution in [3.05, 3.63) is 63.5 Å². The van der Waals surface area contributed by atoms with Crippen molar-refractivity contribution in [2.75, 3.05) is 5.32 Å². The van der Waals surface area contributed by atoms with E-state index in [0.29, 0.717) is 38.4 Å². The molecular formula is C19H13ClN2O4S. The highest BCUT2D eigenvalue weighted by Gasteiger charge is 2.11. The lowest BCUT2D eigenvalue weighted by Crippen LogP contribution is -2.06. The van der Waals surface area contributed by atoms with Crippen molar-refractivity contribution in [1.82, 2.24) is 4.98 Å². The number of benzene rings is 2. The van der Waals surface area contributed by atoms with Crippen LogP contribution in [0, 0.1) is 0 Å². The molecule has 8 heteroatoms. The SMILES string of the molecule is CC(=O)Nc1ccc2c(CSc3nc4cc(Cl)ccc4o3)cc(=O)oc2c1. The molecule has 0 atom stereocenters. The molecule has 0 unspecified atom stereocenters. The molecule has 4 rings (SSSR count). The topological polar surface area (TPSA) is 85.3 Å². The summed E-state index contributed by atoms with van der Waals surface area (Å²) in [5.74, 6) is 0.279. The van der Waals surface area contributed by atoms with Gasteiger partial charge in [-0.05, 0) is 35.9 Å². The van der Waals surface area contributed by atoms with E-state index in [9.17, 15) is 9.59 Å². The van der Waals surface area contributed by atoms with Crippen molar-refractivity contribution in [3.8, 4) is 0 Å². The lowest BCUT2D eigenvalue weighted by molar-refractivity contribution is -0.114. The van der Waals surface area contributed by atoms with Gasteiger partial charge in [0.25, 0.3) is 5.22 Å². The molecule has 0 bridgehead atoms. The lowest BCUT2D eigenvalue weighted by atomic mass is 10.1. The zero-order valence-electron chi connectivity index (χ0n) is 14.1. The predicted octanol–water partition coefficient (Wildman–Crippen LogP) is 4.84. The van der Waals surface area contributed by atoms with Gasteiger partial charge >= 0.3 is 5.63 Å². The maximum atomic E-state index is 11.9. The van der Waals surface area contributed by atoms with Crippen molar-refractivity contribution in [2.24, 2.45) is 0 Å². The van der Waals surface area contributed by atoms with E-state index in [-0.39, 0.29) is 5.91 Å². The predicted molar refractivity (Wildman–Crippen MR) is 105 cm³/mol. The van der Waals surface area contributed by atoms with Gasteiger partial charge < -0.3 is 14.2 Å². The average Bonchev–Trinajstić information content (AvgIpc) is 3.00. The van der Waals surface area contributed by atoms with Gasteiger partial charge in [-0.3, -0.25) is 4.79 Å². The van der Waals surface area contributed by atoms with Gasteiger partial charge in [0.05, 0.1) is 0 Å². The van der Waals surface area contributed by atoms with Crippen molar-refractivity contribution < 1.29 is 13.6 Å². The molecule has 0 aliphatic heterocycles. The second-order valence-corrected chi connectivity index (χ2v) is 7.23. The number of hydrogen-bond donors (Lipinski definition) is 1. The number of thioether (sulfide) groups is 1. The van der Waals surface area contributed by atoms with Crippen LogP contribution >= 0.6 is 23.4 Å². The Bertz CT molecular complexity index is 1230. The van der Waals surface area contributed by atoms with E-state index < -0.39 is 5.63 Å². The van der Waals surface area contributed by atoms with Crippen LogP contribution in [0.1, 0.15) is 12.5 Å². The molecule has 2 heterocycles. The first-order valence-corrected chi connectivity index (χ1v) is 9.37. The summed E-state index contributed by atoms with van der Waals surface area (Å²) in [5, 5.41) is 4.54. The summed E-state index contributed by atoms with van der Waals surface area (Å²) in [5.41, 5.74) is 2.65. The number of anilines is 1. The second kappa shape index (κ2) is 7.09. The first-order valence-electron chi connectivity index (χ1n) is 8.01. The van der Waals surface area contributed by atoms with E-state index in [1.165, 1.54) is 24.8 Å². The standard InChI is InChI=1S/C19H13ClN2O4S/c1-10(23)21-13-3-4-14-11(6-18(24)25-17(14)8-13)9-27-19-22-15-7-12(20)2-5-16(15)26-19/h2-8H,9H2,1H3,(H,21,23). The Morgan fingerprint density at radius 2 is 2.00 bits per heavy atom. The molecule has 0 aliphatic carbocycles. The van der Waals surface area contributed by atoms with Crippen molar-refractivity contribution >= 4 is 57.0 Å². The van der Waals surface area contributed by atoms with Crippen LogP contribution in [0.4, 0.5) is 5.69 Å². The van der Waals surface area contributed by atoms with Crippen LogP contribution in [0.2, 0.25) is 5.02 Å². The van der Waals surface area contributed by atoms with E-state index in [2.05, 4.69) is 10.3 Å². The summed E-state index contributed by atoms with van der Waals surface area (Å²) in [7, 11) is 0. The number of rotatable bonds is 4. The molecule has 0 spiro atoms. The van der Waals surface area contributed by atoms with Crippen LogP contribution in [0.15, 0.2) is 61.3 Å². The Balaban J connectivity index is 1.64. The minimum Gasteiger partial charge on any atom is -0.431 e. The quantitative estimate of drug-likeness (QED) is 0.389. The fourth-order valence-corrected chi connectivity index (χ4v) is 3.71. The molecular weight excluding hydrogens is 388 g/mol. The Labute approximate surface area is 162 Å².